The molecule has 2 aromatic rings. The predicted octanol–water partition coefficient (Wildman–Crippen LogP) is 4.51. The molecule has 5 nitrogen and oxygen atoms in total. The Hall–Kier alpha value is -2.21. The lowest BCUT2D eigenvalue weighted by molar-refractivity contribution is -0.0509. The van der Waals surface area contributed by atoms with Gasteiger partial charge in [-0.15, -0.1) is 0 Å². The number of hydrogen-bond donors (Lipinski definition) is 1. The van der Waals surface area contributed by atoms with Gasteiger partial charge in [0.2, 0.25) is 0 Å². The third-order valence-electron chi connectivity index (χ3n) is 6.46. The van der Waals surface area contributed by atoms with E-state index in [2.05, 4.69) is 0 Å². The SMILES string of the molecule is N#CCCC1(O)CC[C@@]2(S(=O)(=O)c3ccc(Cl)cc3)c3c(F)ccc(F)c3OC[C@H]2C1. The molecule has 2 aliphatic rings. The van der Waals surface area contributed by atoms with Crippen LogP contribution in [0, 0.1) is 28.9 Å². The van der Waals surface area contributed by atoms with Crippen LogP contribution in [0.5, 0.6) is 5.75 Å². The fourth-order valence-corrected chi connectivity index (χ4v) is 7.41. The molecular weight excluding hydrogens is 448 g/mol. The third kappa shape index (κ3) is 3.39. The Labute approximate surface area is 184 Å². The zero-order valence-electron chi connectivity index (χ0n) is 16.4. The lowest BCUT2D eigenvalue weighted by Gasteiger charge is -2.51. The molecule has 1 saturated carbocycles. The van der Waals surface area contributed by atoms with E-state index >= 15 is 4.39 Å². The van der Waals surface area contributed by atoms with Crippen LogP contribution >= 0.6 is 11.6 Å². The molecule has 0 bridgehead atoms. The van der Waals surface area contributed by atoms with E-state index in [1.807, 2.05) is 6.07 Å². The van der Waals surface area contributed by atoms with Gasteiger partial charge in [0, 0.05) is 17.4 Å². The first kappa shape index (κ1) is 22.0. The standard InChI is InChI=1S/C22H20ClF2NO4S/c23-15-2-4-16(5-3-15)31(28,29)22-10-9-21(27,8-1-11-26)12-14(22)13-30-20-18(25)7-6-17(24)19(20)22/h2-7,14,27H,1,8-10,12-13H2/t14-,21?,22+/m1/s1. The van der Waals surface area contributed by atoms with Crippen LogP contribution in [0.2, 0.25) is 5.02 Å². The van der Waals surface area contributed by atoms with E-state index in [4.69, 9.17) is 21.6 Å². The van der Waals surface area contributed by atoms with E-state index < -0.39 is 43.5 Å². The maximum absolute atomic E-state index is 15.1. The van der Waals surface area contributed by atoms with Gasteiger partial charge in [-0.1, -0.05) is 11.6 Å². The number of fused-ring (bicyclic) bond motifs is 3. The van der Waals surface area contributed by atoms with E-state index in [0.717, 1.165) is 12.1 Å². The topological polar surface area (TPSA) is 87.4 Å². The summed E-state index contributed by atoms with van der Waals surface area (Å²) >= 11 is 5.91. The summed E-state index contributed by atoms with van der Waals surface area (Å²) in [5, 5.41) is 20.3. The van der Waals surface area contributed by atoms with Gasteiger partial charge < -0.3 is 9.84 Å². The highest BCUT2D eigenvalue weighted by molar-refractivity contribution is 7.92. The van der Waals surface area contributed by atoms with E-state index in [9.17, 15) is 17.9 Å². The molecule has 3 atom stereocenters. The average Bonchev–Trinajstić information content (AvgIpc) is 2.74. The molecular formula is C22H20ClF2NO4S. The quantitative estimate of drug-likeness (QED) is 0.714. The second kappa shape index (κ2) is 7.73. The normalized spacial score (nSPS) is 27.5. The molecule has 1 N–H and O–H groups in total. The first-order chi connectivity index (χ1) is 14.6. The molecule has 0 saturated heterocycles. The van der Waals surface area contributed by atoms with Crippen LogP contribution in [0.25, 0.3) is 0 Å². The van der Waals surface area contributed by atoms with Crippen LogP contribution in [-0.4, -0.2) is 25.7 Å². The molecule has 1 aliphatic heterocycles. The van der Waals surface area contributed by atoms with Crippen LogP contribution in [-0.2, 0) is 14.6 Å². The van der Waals surface area contributed by atoms with Crippen LogP contribution in [0.15, 0.2) is 41.3 Å². The summed E-state index contributed by atoms with van der Waals surface area (Å²) in [6.07, 6.45) is 0.127. The van der Waals surface area contributed by atoms with Crippen molar-refractivity contribution in [2.24, 2.45) is 5.92 Å². The highest BCUT2D eigenvalue weighted by Crippen LogP contribution is 2.58. The Morgan fingerprint density at radius 3 is 2.52 bits per heavy atom. The van der Waals surface area contributed by atoms with Crippen molar-refractivity contribution in [3.8, 4) is 11.8 Å². The number of halogens is 3. The molecule has 1 fully saturated rings. The molecule has 0 aromatic heterocycles. The van der Waals surface area contributed by atoms with Crippen molar-refractivity contribution in [3.63, 3.8) is 0 Å². The van der Waals surface area contributed by atoms with Gasteiger partial charge in [-0.05, 0) is 62.1 Å². The smallest absolute Gasteiger partial charge is 0.188 e. The van der Waals surface area contributed by atoms with Gasteiger partial charge in [0.15, 0.2) is 21.4 Å². The minimum absolute atomic E-state index is 0.0170. The van der Waals surface area contributed by atoms with Gasteiger partial charge in [-0.2, -0.15) is 5.26 Å². The number of ether oxygens (including phenoxy) is 1. The van der Waals surface area contributed by atoms with Crippen molar-refractivity contribution in [3.05, 3.63) is 58.6 Å². The fraction of sp³-hybridized carbons (Fsp3) is 0.409. The summed E-state index contributed by atoms with van der Waals surface area (Å²) in [6, 6.07) is 9.32. The highest BCUT2D eigenvalue weighted by Gasteiger charge is 2.61. The van der Waals surface area contributed by atoms with Gasteiger partial charge >= 0.3 is 0 Å². The molecule has 1 heterocycles. The van der Waals surface area contributed by atoms with Gasteiger partial charge in [0.1, 0.15) is 10.6 Å². The molecule has 31 heavy (non-hydrogen) atoms. The van der Waals surface area contributed by atoms with Gasteiger partial charge in [-0.25, -0.2) is 17.2 Å². The summed E-state index contributed by atoms with van der Waals surface area (Å²) < 4.78 is 61.3. The molecule has 164 valence electrons. The third-order valence-corrected chi connectivity index (χ3v) is 9.31. The summed E-state index contributed by atoms with van der Waals surface area (Å²) in [4.78, 5) is -0.0686. The predicted molar refractivity (Wildman–Crippen MR) is 109 cm³/mol. The van der Waals surface area contributed by atoms with E-state index in [-0.39, 0.29) is 49.2 Å². The van der Waals surface area contributed by atoms with Crippen LogP contribution in [0.4, 0.5) is 8.78 Å². The van der Waals surface area contributed by atoms with Crippen LogP contribution in [0.1, 0.15) is 37.7 Å². The number of benzene rings is 2. The van der Waals surface area contributed by atoms with Gasteiger partial charge in [0.25, 0.3) is 0 Å². The van der Waals surface area contributed by atoms with Crippen molar-refractivity contribution >= 4 is 21.4 Å². The average molecular weight is 468 g/mol. The molecule has 1 unspecified atom stereocenters. The Bertz CT molecular complexity index is 1170. The Morgan fingerprint density at radius 1 is 1.16 bits per heavy atom. The monoisotopic (exact) mass is 467 g/mol. The second-order valence-electron chi connectivity index (χ2n) is 8.17. The number of aliphatic hydroxyl groups is 1. The van der Waals surface area contributed by atoms with E-state index in [1.54, 1.807) is 0 Å². The Balaban J connectivity index is 1.94. The van der Waals surface area contributed by atoms with Crippen LogP contribution < -0.4 is 4.74 Å². The zero-order valence-corrected chi connectivity index (χ0v) is 18.0. The van der Waals surface area contributed by atoms with Crippen molar-refractivity contribution in [2.45, 2.75) is 47.3 Å². The summed E-state index contributed by atoms with van der Waals surface area (Å²) in [5.41, 5.74) is -1.62. The van der Waals surface area contributed by atoms with Gasteiger partial charge in [0.05, 0.1) is 28.7 Å². The largest absolute Gasteiger partial charge is 0.490 e. The number of rotatable bonds is 4. The minimum Gasteiger partial charge on any atom is -0.490 e. The maximum atomic E-state index is 15.1. The lowest BCUT2D eigenvalue weighted by atomic mass is 9.66. The highest BCUT2D eigenvalue weighted by atomic mass is 35.5. The molecule has 1 aliphatic carbocycles. The molecule has 2 aromatic carbocycles. The summed E-state index contributed by atoms with van der Waals surface area (Å²) in [7, 11) is -4.25. The molecule has 9 heteroatoms. The zero-order chi connectivity index (χ0) is 22.4. The minimum atomic E-state index is -4.25. The molecule has 0 amide bonds. The first-order valence-corrected chi connectivity index (χ1v) is 11.7. The van der Waals surface area contributed by atoms with Crippen molar-refractivity contribution in [1.29, 1.82) is 5.26 Å². The lowest BCUT2D eigenvalue weighted by Crippen LogP contribution is -2.56. The number of sulfone groups is 1. The van der Waals surface area contributed by atoms with E-state index in [1.165, 1.54) is 24.3 Å². The number of nitriles is 1. The molecule has 4 rings (SSSR count). The second-order valence-corrected chi connectivity index (χ2v) is 10.8. The summed E-state index contributed by atoms with van der Waals surface area (Å²) in [6.45, 7) is -0.199. The van der Waals surface area contributed by atoms with Crippen molar-refractivity contribution < 1.29 is 27.0 Å². The Kier molecular flexibility index (Phi) is 5.49. The molecule has 0 spiro atoms. The molecule has 0 radical (unpaired) electrons. The van der Waals surface area contributed by atoms with Gasteiger partial charge in [-0.3, -0.25) is 0 Å². The van der Waals surface area contributed by atoms with E-state index in [0.29, 0.717) is 5.02 Å². The Morgan fingerprint density at radius 2 is 1.84 bits per heavy atom. The fourth-order valence-electron chi connectivity index (χ4n) is 4.95. The van der Waals surface area contributed by atoms with Crippen molar-refractivity contribution in [1.82, 2.24) is 0 Å². The van der Waals surface area contributed by atoms with Crippen LogP contribution in [0.3, 0.4) is 0 Å². The first-order valence-electron chi connectivity index (χ1n) is 9.85. The number of hydrogen-bond acceptors (Lipinski definition) is 5. The summed E-state index contributed by atoms with van der Waals surface area (Å²) in [5.74, 6) is -2.96. The maximum Gasteiger partial charge on any atom is 0.188 e. The van der Waals surface area contributed by atoms with Crippen molar-refractivity contribution in [2.75, 3.05) is 6.61 Å². The number of nitrogens with zero attached hydrogens (tertiary/aromatic N) is 1.